The van der Waals surface area contributed by atoms with Crippen LogP contribution in [-0.4, -0.2) is 30.5 Å². The van der Waals surface area contributed by atoms with E-state index in [1.54, 1.807) is 0 Å². The summed E-state index contributed by atoms with van der Waals surface area (Å²) < 4.78 is 33.5. The van der Waals surface area contributed by atoms with Crippen molar-refractivity contribution in [3.8, 4) is 11.5 Å². The Morgan fingerprint density at radius 1 is 1.07 bits per heavy atom. The quantitative estimate of drug-likeness (QED) is 0.595. The first-order valence-corrected chi connectivity index (χ1v) is 7.63. The monoisotopic (exact) mass is 368 g/mol. The number of nitrogens with zero attached hydrogens (tertiary/aromatic N) is 5. The third kappa shape index (κ3) is 3.54. The second-order valence-electron chi connectivity index (χ2n) is 5.37. The normalized spacial score (nSPS) is 10.7. The summed E-state index contributed by atoms with van der Waals surface area (Å²) in [5.41, 5.74) is 0.369. The van der Waals surface area contributed by atoms with E-state index in [1.165, 1.54) is 35.5 Å². The minimum atomic E-state index is -0.589. The van der Waals surface area contributed by atoms with Crippen LogP contribution in [0.4, 0.5) is 14.6 Å². The van der Waals surface area contributed by atoms with Crippen molar-refractivity contribution in [2.45, 2.75) is 0 Å². The zero-order chi connectivity index (χ0) is 18.8. The van der Waals surface area contributed by atoms with Crippen LogP contribution < -0.4 is 10.1 Å². The molecular formula is C17H10F2N6O2. The van der Waals surface area contributed by atoms with Crippen LogP contribution in [0.2, 0.25) is 0 Å². The Balaban J connectivity index is 1.69. The molecule has 10 heteroatoms. The van der Waals surface area contributed by atoms with Gasteiger partial charge < -0.3 is 10.1 Å². The van der Waals surface area contributed by atoms with Gasteiger partial charge in [-0.2, -0.15) is 5.10 Å². The molecule has 0 atom stereocenters. The van der Waals surface area contributed by atoms with E-state index in [0.717, 1.165) is 24.4 Å². The summed E-state index contributed by atoms with van der Waals surface area (Å²) in [6.07, 6.45) is 6.34. The molecular weight excluding hydrogens is 358 g/mol. The van der Waals surface area contributed by atoms with Crippen LogP contribution in [0.15, 0.2) is 55.4 Å². The van der Waals surface area contributed by atoms with Crippen LogP contribution in [-0.2, 0) is 0 Å². The maximum Gasteiger partial charge on any atom is 0.260 e. The number of anilines is 1. The summed E-state index contributed by atoms with van der Waals surface area (Å²) in [6, 6.07) is 4.80. The van der Waals surface area contributed by atoms with Crippen LogP contribution in [0.25, 0.3) is 5.65 Å². The third-order valence-corrected chi connectivity index (χ3v) is 3.47. The molecule has 0 aliphatic carbocycles. The van der Waals surface area contributed by atoms with E-state index in [0.29, 0.717) is 0 Å². The molecule has 4 rings (SSSR count). The molecule has 4 aromatic heterocycles. The number of hydrogen-bond acceptors (Lipinski definition) is 6. The first-order chi connectivity index (χ1) is 13.1. The molecule has 0 saturated heterocycles. The lowest BCUT2D eigenvalue weighted by atomic mass is 10.2. The van der Waals surface area contributed by atoms with E-state index in [1.807, 2.05) is 0 Å². The molecule has 0 aromatic carbocycles. The summed E-state index contributed by atoms with van der Waals surface area (Å²) in [5, 5.41) is 6.47. The van der Waals surface area contributed by atoms with Gasteiger partial charge in [-0.3, -0.25) is 9.78 Å². The van der Waals surface area contributed by atoms with Gasteiger partial charge in [0.15, 0.2) is 5.65 Å². The fraction of sp³-hybridized carbons (Fsp3) is 0. The molecule has 4 aromatic rings. The van der Waals surface area contributed by atoms with Crippen molar-refractivity contribution in [3.63, 3.8) is 0 Å². The van der Waals surface area contributed by atoms with Gasteiger partial charge in [0.1, 0.15) is 35.3 Å². The van der Waals surface area contributed by atoms with Gasteiger partial charge in [0.05, 0.1) is 24.2 Å². The number of carbonyl (C=O) groups is 1. The Morgan fingerprint density at radius 3 is 2.78 bits per heavy atom. The predicted molar refractivity (Wildman–Crippen MR) is 89.4 cm³/mol. The molecule has 1 N–H and O–H groups in total. The number of aromatic nitrogens is 5. The summed E-state index contributed by atoms with van der Waals surface area (Å²) in [4.78, 5) is 24.2. The van der Waals surface area contributed by atoms with E-state index in [9.17, 15) is 13.6 Å². The van der Waals surface area contributed by atoms with Crippen molar-refractivity contribution in [2.24, 2.45) is 0 Å². The Bertz CT molecular complexity index is 1150. The lowest BCUT2D eigenvalue weighted by Crippen LogP contribution is -2.15. The lowest BCUT2D eigenvalue weighted by molar-refractivity contribution is 0.102. The molecule has 0 aliphatic heterocycles. The smallest absolute Gasteiger partial charge is 0.260 e. The molecule has 0 bridgehead atoms. The molecule has 0 unspecified atom stereocenters. The van der Waals surface area contributed by atoms with Gasteiger partial charge in [0.25, 0.3) is 5.91 Å². The molecule has 134 valence electrons. The largest absolute Gasteiger partial charge is 0.454 e. The van der Waals surface area contributed by atoms with Crippen LogP contribution in [0, 0.1) is 11.6 Å². The van der Waals surface area contributed by atoms with Crippen molar-refractivity contribution in [1.82, 2.24) is 24.6 Å². The number of fused-ring (bicyclic) bond motifs is 1. The average Bonchev–Trinajstić information content (AvgIpc) is 3.09. The average molecular weight is 368 g/mol. The number of hydrogen-bond donors (Lipinski definition) is 1. The summed E-state index contributed by atoms with van der Waals surface area (Å²) in [6.45, 7) is 0. The van der Waals surface area contributed by atoms with Crippen molar-refractivity contribution in [3.05, 3.63) is 72.6 Å². The SMILES string of the molecule is O=C(Nc1cc(F)ccn1)c1cc(Oc2cncc(F)c2)cn2ncnc12. The maximum atomic E-state index is 13.3. The topological polar surface area (TPSA) is 94.3 Å². The lowest BCUT2D eigenvalue weighted by Gasteiger charge is -2.09. The first-order valence-electron chi connectivity index (χ1n) is 7.63. The van der Waals surface area contributed by atoms with E-state index < -0.39 is 17.5 Å². The van der Waals surface area contributed by atoms with Gasteiger partial charge in [-0.15, -0.1) is 0 Å². The summed E-state index contributed by atoms with van der Waals surface area (Å²) >= 11 is 0. The molecule has 0 aliphatic rings. The van der Waals surface area contributed by atoms with Gasteiger partial charge in [0, 0.05) is 18.3 Å². The van der Waals surface area contributed by atoms with E-state index in [2.05, 4.69) is 25.4 Å². The van der Waals surface area contributed by atoms with Gasteiger partial charge in [-0.05, 0) is 12.1 Å². The van der Waals surface area contributed by atoms with Crippen LogP contribution in [0.1, 0.15) is 10.4 Å². The van der Waals surface area contributed by atoms with Gasteiger partial charge in [-0.25, -0.2) is 23.3 Å². The van der Waals surface area contributed by atoms with Crippen molar-refractivity contribution in [1.29, 1.82) is 0 Å². The number of nitrogens with one attached hydrogen (secondary N) is 1. The number of pyridine rings is 3. The molecule has 0 radical (unpaired) electrons. The Hall–Kier alpha value is -3.95. The highest BCUT2D eigenvalue weighted by Crippen LogP contribution is 2.24. The van der Waals surface area contributed by atoms with E-state index in [-0.39, 0.29) is 28.5 Å². The third-order valence-electron chi connectivity index (χ3n) is 3.47. The Morgan fingerprint density at radius 2 is 1.96 bits per heavy atom. The zero-order valence-electron chi connectivity index (χ0n) is 13.5. The standard InChI is InChI=1S/C17H10F2N6O2/c18-10-1-2-21-15(4-10)24-17(26)14-5-13(8-25-16(14)22-9-23-25)27-12-3-11(19)6-20-7-12/h1-9H,(H,21,24,26). The number of ether oxygens (including phenoxy) is 1. The van der Waals surface area contributed by atoms with Crippen molar-refractivity contribution in [2.75, 3.05) is 5.32 Å². The molecule has 4 heterocycles. The van der Waals surface area contributed by atoms with Gasteiger partial charge in [0.2, 0.25) is 0 Å². The van der Waals surface area contributed by atoms with Crippen molar-refractivity contribution < 1.29 is 18.3 Å². The Kier molecular flexibility index (Phi) is 4.13. The van der Waals surface area contributed by atoms with Crippen LogP contribution in [0.3, 0.4) is 0 Å². The maximum absolute atomic E-state index is 13.3. The summed E-state index contributed by atoms with van der Waals surface area (Å²) in [5.74, 6) is -1.30. The number of amides is 1. The minimum absolute atomic E-state index is 0.0401. The van der Waals surface area contributed by atoms with E-state index >= 15 is 0 Å². The van der Waals surface area contributed by atoms with Gasteiger partial charge >= 0.3 is 0 Å². The predicted octanol–water partition coefficient (Wildman–Crippen LogP) is 2.84. The number of halogens is 2. The first kappa shape index (κ1) is 16.5. The van der Waals surface area contributed by atoms with Crippen LogP contribution in [0.5, 0.6) is 11.5 Å². The van der Waals surface area contributed by atoms with Crippen molar-refractivity contribution >= 4 is 17.4 Å². The molecule has 1 amide bonds. The minimum Gasteiger partial charge on any atom is -0.454 e. The number of carbonyl (C=O) groups excluding carboxylic acids is 1. The Labute approximate surface area is 150 Å². The second-order valence-corrected chi connectivity index (χ2v) is 5.37. The molecule has 0 fully saturated rings. The molecule has 0 saturated carbocycles. The van der Waals surface area contributed by atoms with Gasteiger partial charge in [-0.1, -0.05) is 0 Å². The fourth-order valence-electron chi connectivity index (χ4n) is 2.37. The highest BCUT2D eigenvalue weighted by Gasteiger charge is 2.16. The summed E-state index contributed by atoms with van der Waals surface area (Å²) in [7, 11) is 0. The molecule has 8 nitrogen and oxygen atoms in total. The molecule has 27 heavy (non-hydrogen) atoms. The highest BCUT2D eigenvalue weighted by atomic mass is 19.1. The zero-order valence-corrected chi connectivity index (χ0v) is 13.5. The highest BCUT2D eigenvalue weighted by molar-refractivity contribution is 6.08. The second kappa shape index (κ2) is 6.75. The van der Waals surface area contributed by atoms with Crippen LogP contribution >= 0.6 is 0 Å². The fourth-order valence-corrected chi connectivity index (χ4v) is 2.37. The molecule has 0 spiro atoms. The van der Waals surface area contributed by atoms with E-state index in [4.69, 9.17) is 4.74 Å². The number of rotatable bonds is 4.